The van der Waals surface area contributed by atoms with Crippen LogP contribution in [0.2, 0.25) is 6.04 Å². The average Bonchev–Trinajstić information content (AvgIpc) is 2.28. The summed E-state index contributed by atoms with van der Waals surface area (Å²) in [6.07, 6.45) is 1.05. The van der Waals surface area contributed by atoms with Gasteiger partial charge in [-0.1, -0.05) is 0 Å². The van der Waals surface area contributed by atoms with E-state index in [9.17, 15) is 0 Å². The molecule has 0 atom stereocenters. The van der Waals surface area contributed by atoms with Crippen LogP contribution in [0, 0.1) is 0 Å². The Bertz CT molecular complexity index is 190. The number of nitrogens with zero attached hydrogens (tertiary/aromatic N) is 1. The minimum absolute atomic E-state index is 0.661. The van der Waals surface area contributed by atoms with E-state index in [-0.39, 0.29) is 0 Å². The van der Waals surface area contributed by atoms with Crippen molar-refractivity contribution in [3.8, 4) is 0 Å². The second kappa shape index (κ2) is 14.1. The van der Waals surface area contributed by atoms with Gasteiger partial charge in [0.1, 0.15) is 0 Å². The predicted molar refractivity (Wildman–Crippen MR) is 82.4 cm³/mol. The summed E-state index contributed by atoms with van der Waals surface area (Å²) in [6, 6.07) is 0.903. The van der Waals surface area contributed by atoms with Crippen LogP contribution in [0.1, 0.15) is 27.2 Å². The van der Waals surface area contributed by atoms with E-state index in [1.807, 2.05) is 20.8 Å². The van der Waals surface area contributed by atoms with Crippen LogP contribution in [-0.4, -0.2) is 78.1 Å². The maximum absolute atomic E-state index is 7.31. The first-order valence-corrected chi connectivity index (χ1v) is 10.4. The summed E-state index contributed by atoms with van der Waals surface area (Å²) in [7, 11) is -1.38. The van der Waals surface area contributed by atoms with Crippen molar-refractivity contribution in [1.82, 2.24) is 4.90 Å². The van der Waals surface area contributed by atoms with E-state index in [0.717, 1.165) is 19.0 Å². The van der Waals surface area contributed by atoms with E-state index in [1.54, 1.807) is 0 Å². The Labute approximate surface area is 125 Å². The van der Waals surface area contributed by atoms with Crippen molar-refractivity contribution in [3.05, 3.63) is 0 Å². The van der Waals surface area contributed by atoms with Crippen molar-refractivity contribution in [2.24, 2.45) is 0 Å². The minimum atomic E-state index is -3.14. The first-order chi connectivity index (χ1) is 9.33. The second-order valence-electron chi connectivity index (χ2n) is 4.24. The monoisotopic (exact) mass is 329 g/mol. The summed E-state index contributed by atoms with van der Waals surface area (Å²) >= 11 is 0. The highest BCUT2D eigenvalue weighted by Gasteiger charge is 2.39. The van der Waals surface area contributed by atoms with Gasteiger partial charge in [0, 0.05) is 25.9 Å². The zero-order valence-corrected chi connectivity index (χ0v) is 15.5. The molecular formula is C11H31NO6Si2. The lowest BCUT2D eigenvalue weighted by molar-refractivity contribution is 0.0703. The van der Waals surface area contributed by atoms with Gasteiger partial charge in [-0.3, -0.25) is 0 Å². The molecule has 0 aliphatic carbocycles. The van der Waals surface area contributed by atoms with E-state index in [2.05, 4.69) is 19.0 Å². The van der Waals surface area contributed by atoms with Crippen molar-refractivity contribution in [2.45, 2.75) is 33.2 Å². The van der Waals surface area contributed by atoms with Gasteiger partial charge in [0.15, 0.2) is 0 Å². The van der Waals surface area contributed by atoms with Crippen molar-refractivity contribution >= 4 is 18.3 Å². The molecular weight excluding hydrogens is 298 g/mol. The predicted octanol–water partition coefficient (Wildman–Crippen LogP) is -0.333. The Morgan fingerprint density at radius 2 is 1.25 bits per heavy atom. The molecule has 0 unspecified atom stereocenters. The SMILES string of the molecule is CCO[Si](CCCN(C)C)(OCC)OCC.O[SiH](O)O. The number of hydrogen-bond acceptors (Lipinski definition) is 7. The molecule has 0 fully saturated rings. The van der Waals surface area contributed by atoms with Gasteiger partial charge in [0.25, 0.3) is 0 Å². The summed E-state index contributed by atoms with van der Waals surface area (Å²) in [4.78, 5) is 24.1. The van der Waals surface area contributed by atoms with E-state index in [0.29, 0.717) is 19.8 Å². The molecule has 0 heterocycles. The molecule has 0 rings (SSSR count). The smallest absolute Gasteiger partial charge is 0.392 e. The highest BCUT2D eigenvalue weighted by Crippen LogP contribution is 2.18. The Kier molecular flexibility index (Phi) is 15.8. The summed E-state index contributed by atoms with van der Waals surface area (Å²) in [5, 5.41) is 0. The Hall–Kier alpha value is 0.154. The summed E-state index contributed by atoms with van der Waals surface area (Å²) in [5.41, 5.74) is 0. The highest BCUT2D eigenvalue weighted by atomic mass is 28.4. The van der Waals surface area contributed by atoms with Crippen LogP contribution in [0.3, 0.4) is 0 Å². The van der Waals surface area contributed by atoms with E-state index in [1.165, 1.54) is 0 Å². The fourth-order valence-corrected chi connectivity index (χ4v) is 4.21. The topological polar surface area (TPSA) is 91.6 Å². The van der Waals surface area contributed by atoms with E-state index < -0.39 is 18.3 Å². The Balaban J connectivity index is 0. The van der Waals surface area contributed by atoms with Gasteiger partial charge in [-0.15, -0.1) is 0 Å². The average molecular weight is 330 g/mol. The molecule has 124 valence electrons. The van der Waals surface area contributed by atoms with E-state index >= 15 is 0 Å². The largest absolute Gasteiger partial charge is 0.500 e. The van der Waals surface area contributed by atoms with Crippen molar-refractivity contribution in [1.29, 1.82) is 0 Å². The maximum atomic E-state index is 7.31. The lowest BCUT2D eigenvalue weighted by Crippen LogP contribution is -2.46. The van der Waals surface area contributed by atoms with Crippen LogP contribution in [-0.2, 0) is 13.3 Å². The molecule has 3 N–H and O–H groups in total. The molecule has 9 heteroatoms. The van der Waals surface area contributed by atoms with E-state index in [4.69, 9.17) is 27.7 Å². The third kappa shape index (κ3) is 14.6. The lowest BCUT2D eigenvalue weighted by atomic mass is 10.5. The number of hydrogen-bond donors (Lipinski definition) is 3. The molecule has 0 aromatic heterocycles. The lowest BCUT2D eigenvalue weighted by Gasteiger charge is -2.28. The highest BCUT2D eigenvalue weighted by molar-refractivity contribution is 6.60. The van der Waals surface area contributed by atoms with Gasteiger partial charge >= 0.3 is 18.3 Å². The molecule has 0 amide bonds. The van der Waals surface area contributed by atoms with Gasteiger partial charge in [-0.05, 0) is 47.8 Å². The molecule has 0 bridgehead atoms. The van der Waals surface area contributed by atoms with Gasteiger partial charge in [-0.2, -0.15) is 0 Å². The molecule has 0 aromatic carbocycles. The molecule has 0 spiro atoms. The normalized spacial score (nSPS) is 11.7. The standard InChI is InChI=1S/C11H27NO3Si.H4O3Si/c1-6-13-16(14-7-2,15-8-3)11-9-10-12(4)5;1-4(2)3/h6-11H2,1-5H3;1-4H. The molecule has 0 saturated carbocycles. The van der Waals surface area contributed by atoms with Crippen LogP contribution in [0.4, 0.5) is 0 Å². The number of rotatable bonds is 10. The quantitative estimate of drug-likeness (QED) is 0.473. The Morgan fingerprint density at radius 3 is 1.50 bits per heavy atom. The minimum Gasteiger partial charge on any atom is -0.392 e. The van der Waals surface area contributed by atoms with Gasteiger partial charge in [0.05, 0.1) is 0 Å². The second-order valence-corrected chi connectivity index (χ2v) is 7.66. The summed E-state index contributed by atoms with van der Waals surface area (Å²) in [6.45, 7) is 9.00. The van der Waals surface area contributed by atoms with Crippen molar-refractivity contribution in [2.75, 3.05) is 40.5 Å². The maximum Gasteiger partial charge on any atom is 0.500 e. The van der Waals surface area contributed by atoms with Crippen molar-refractivity contribution < 1.29 is 27.7 Å². The summed E-state index contributed by atoms with van der Waals surface area (Å²) in [5.74, 6) is 0. The molecule has 0 radical (unpaired) electrons. The Morgan fingerprint density at radius 1 is 0.900 bits per heavy atom. The van der Waals surface area contributed by atoms with Crippen LogP contribution in [0.5, 0.6) is 0 Å². The molecule has 7 nitrogen and oxygen atoms in total. The fourth-order valence-electron chi connectivity index (χ4n) is 1.61. The van der Waals surface area contributed by atoms with Crippen LogP contribution in [0.15, 0.2) is 0 Å². The van der Waals surface area contributed by atoms with Crippen molar-refractivity contribution in [3.63, 3.8) is 0 Å². The van der Waals surface area contributed by atoms with Crippen LogP contribution >= 0.6 is 0 Å². The molecule has 0 aromatic rings. The fraction of sp³-hybridized carbons (Fsp3) is 1.00. The molecule has 20 heavy (non-hydrogen) atoms. The van der Waals surface area contributed by atoms with Crippen LogP contribution < -0.4 is 0 Å². The third-order valence-electron chi connectivity index (χ3n) is 2.18. The first kappa shape index (κ1) is 22.4. The molecule has 0 saturated heterocycles. The van der Waals surface area contributed by atoms with Crippen LogP contribution in [0.25, 0.3) is 0 Å². The van der Waals surface area contributed by atoms with Gasteiger partial charge in [0.2, 0.25) is 0 Å². The first-order valence-electron chi connectivity index (χ1n) is 6.94. The van der Waals surface area contributed by atoms with Gasteiger partial charge in [-0.25, -0.2) is 0 Å². The van der Waals surface area contributed by atoms with Gasteiger partial charge < -0.3 is 32.6 Å². The zero-order valence-electron chi connectivity index (χ0n) is 13.3. The molecule has 0 aliphatic rings. The zero-order chi connectivity index (χ0) is 16.0. The molecule has 0 aliphatic heterocycles. The summed E-state index contributed by atoms with van der Waals surface area (Å²) < 4.78 is 17.3. The third-order valence-corrected chi connectivity index (χ3v) is 5.33.